The van der Waals surface area contributed by atoms with Crippen molar-refractivity contribution in [1.82, 2.24) is 0 Å². The number of carboxylic acids is 1. The average molecular weight is 206 g/mol. The molecule has 0 heterocycles. The van der Waals surface area contributed by atoms with E-state index in [0.29, 0.717) is 0 Å². The Morgan fingerprint density at radius 1 is 1.47 bits per heavy atom. The highest BCUT2D eigenvalue weighted by atomic mass is 19.1. The van der Waals surface area contributed by atoms with Crippen LogP contribution in [-0.4, -0.2) is 11.1 Å². The maximum absolute atomic E-state index is 12.9. The van der Waals surface area contributed by atoms with Crippen molar-refractivity contribution in [2.24, 2.45) is 0 Å². The zero-order valence-electron chi connectivity index (χ0n) is 8.16. The molecule has 0 radical (unpaired) electrons. The van der Waals surface area contributed by atoms with Crippen molar-refractivity contribution in [2.75, 3.05) is 0 Å². The number of fused-ring (bicyclic) bond motifs is 1. The Kier molecular flexibility index (Phi) is 2.54. The van der Waals surface area contributed by atoms with Crippen LogP contribution in [0.5, 0.6) is 0 Å². The number of hydrogen-bond donors (Lipinski definition) is 1. The molecule has 1 aliphatic carbocycles. The number of benzene rings is 1. The lowest BCUT2D eigenvalue weighted by Gasteiger charge is -2.16. The SMILES string of the molecule is O=C(O)CC1=CCCc2cc(F)ccc21. The van der Waals surface area contributed by atoms with Crippen LogP contribution in [0, 0.1) is 5.82 Å². The molecular weight excluding hydrogens is 195 g/mol. The monoisotopic (exact) mass is 206 g/mol. The predicted octanol–water partition coefficient (Wildman–Crippen LogP) is 2.63. The minimum Gasteiger partial charge on any atom is -0.481 e. The van der Waals surface area contributed by atoms with E-state index in [1.54, 1.807) is 6.07 Å². The number of aliphatic carboxylic acids is 1. The van der Waals surface area contributed by atoms with Gasteiger partial charge in [0.15, 0.2) is 0 Å². The van der Waals surface area contributed by atoms with Gasteiger partial charge in [-0.05, 0) is 41.7 Å². The second-order valence-corrected chi connectivity index (χ2v) is 3.64. The third-order valence-electron chi connectivity index (χ3n) is 2.56. The van der Waals surface area contributed by atoms with E-state index in [1.807, 2.05) is 6.08 Å². The first-order chi connectivity index (χ1) is 7.16. The van der Waals surface area contributed by atoms with E-state index < -0.39 is 5.97 Å². The van der Waals surface area contributed by atoms with Crippen molar-refractivity contribution in [3.8, 4) is 0 Å². The fraction of sp³-hybridized carbons (Fsp3) is 0.250. The molecular formula is C12H11FO2. The Balaban J connectivity index is 2.38. The van der Waals surface area contributed by atoms with Crippen molar-refractivity contribution in [2.45, 2.75) is 19.3 Å². The van der Waals surface area contributed by atoms with Crippen molar-refractivity contribution in [3.63, 3.8) is 0 Å². The molecule has 0 amide bonds. The molecule has 0 atom stereocenters. The highest BCUT2D eigenvalue weighted by Gasteiger charge is 2.15. The summed E-state index contributed by atoms with van der Waals surface area (Å²) in [7, 11) is 0. The summed E-state index contributed by atoms with van der Waals surface area (Å²) >= 11 is 0. The van der Waals surface area contributed by atoms with Crippen LogP contribution in [0.2, 0.25) is 0 Å². The second kappa shape index (κ2) is 3.85. The summed E-state index contributed by atoms with van der Waals surface area (Å²) in [5.74, 6) is -1.11. The molecule has 1 aliphatic rings. The van der Waals surface area contributed by atoms with Gasteiger partial charge in [-0.3, -0.25) is 4.79 Å². The van der Waals surface area contributed by atoms with Gasteiger partial charge in [0.2, 0.25) is 0 Å². The normalized spacial score (nSPS) is 14.3. The van der Waals surface area contributed by atoms with Gasteiger partial charge >= 0.3 is 5.97 Å². The van der Waals surface area contributed by atoms with Crippen LogP contribution >= 0.6 is 0 Å². The highest BCUT2D eigenvalue weighted by Crippen LogP contribution is 2.29. The zero-order valence-corrected chi connectivity index (χ0v) is 8.16. The first-order valence-corrected chi connectivity index (χ1v) is 4.86. The Labute approximate surface area is 87.0 Å². The lowest BCUT2D eigenvalue weighted by molar-refractivity contribution is -0.135. The third kappa shape index (κ3) is 2.06. The van der Waals surface area contributed by atoms with Gasteiger partial charge in [0.25, 0.3) is 0 Å². The lowest BCUT2D eigenvalue weighted by Crippen LogP contribution is -2.04. The summed E-state index contributed by atoms with van der Waals surface area (Å²) in [6.45, 7) is 0. The first kappa shape index (κ1) is 9.90. The van der Waals surface area contributed by atoms with E-state index in [0.717, 1.165) is 29.5 Å². The summed E-state index contributed by atoms with van der Waals surface area (Å²) in [5.41, 5.74) is 2.59. The van der Waals surface area contributed by atoms with E-state index in [-0.39, 0.29) is 12.2 Å². The average Bonchev–Trinajstić information content (AvgIpc) is 2.16. The molecule has 0 saturated heterocycles. The van der Waals surface area contributed by atoms with Crippen LogP contribution in [0.15, 0.2) is 24.3 Å². The van der Waals surface area contributed by atoms with Crippen molar-refractivity contribution in [1.29, 1.82) is 0 Å². The van der Waals surface area contributed by atoms with Gasteiger partial charge in [0, 0.05) is 0 Å². The number of hydrogen-bond acceptors (Lipinski definition) is 1. The minimum absolute atomic E-state index is 0.0125. The number of allylic oxidation sites excluding steroid dienone is 1. The smallest absolute Gasteiger partial charge is 0.307 e. The molecule has 2 rings (SSSR count). The summed E-state index contributed by atoms with van der Waals surface area (Å²) in [6.07, 6.45) is 3.52. The summed E-state index contributed by atoms with van der Waals surface area (Å²) in [4.78, 5) is 10.6. The quantitative estimate of drug-likeness (QED) is 0.807. The summed E-state index contributed by atoms with van der Waals surface area (Å²) in [6, 6.07) is 4.53. The Hall–Kier alpha value is -1.64. The number of halogens is 1. The van der Waals surface area contributed by atoms with Crippen molar-refractivity contribution >= 4 is 11.5 Å². The zero-order chi connectivity index (χ0) is 10.8. The van der Waals surface area contributed by atoms with E-state index in [1.165, 1.54) is 12.1 Å². The van der Waals surface area contributed by atoms with Gasteiger partial charge in [-0.1, -0.05) is 12.1 Å². The van der Waals surface area contributed by atoms with Gasteiger partial charge in [0.1, 0.15) is 5.82 Å². The molecule has 0 aromatic heterocycles. The van der Waals surface area contributed by atoms with Crippen LogP contribution < -0.4 is 0 Å². The maximum Gasteiger partial charge on any atom is 0.307 e. The molecule has 15 heavy (non-hydrogen) atoms. The number of carbonyl (C=O) groups is 1. The lowest BCUT2D eigenvalue weighted by atomic mass is 9.89. The summed E-state index contributed by atoms with van der Waals surface area (Å²) in [5, 5.41) is 8.73. The van der Waals surface area contributed by atoms with E-state index in [9.17, 15) is 9.18 Å². The number of carboxylic acid groups (broad SMARTS) is 1. The topological polar surface area (TPSA) is 37.3 Å². The Bertz CT molecular complexity index is 435. The van der Waals surface area contributed by atoms with Gasteiger partial charge in [-0.2, -0.15) is 0 Å². The maximum atomic E-state index is 12.9. The molecule has 0 saturated carbocycles. The van der Waals surface area contributed by atoms with Crippen LogP contribution in [-0.2, 0) is 11.2 Å². The molecule has 0 fully saturated rings. The van der Waals surface area contributed by atoms with Crippen molar-refractivity contribution in [3.05, 3.63) is 41.2 Å². The first-order valence-electron chi connectivity index (χ1n) is 4.86. The molecule has 78 valence electrons. The largest absolute Gasteiger partial charge is 0.481 e. The summed E-state index contributed by atoms with van der Waals surface area (Å²) < 4.78 is 12.9. The van der Waals surface area contributed by atoms with Crippen LogP contribution in [0.1, 0.15) is 24.0 Å². The van der Waals surface area contributed by atoms with Gasteiger partial charge < -0.3 is 5.11 Å². The molecule has 1 aromatic rings. The molecule has 3 heteroatoms. The molecule has 0 spiro atoms. The molecule has 1 aromatic carbocycles. The molecule has 0 unspecified atom stereocenters. The minimum atomic E-state index is -0.849. The number of aryl methyl sites for hydroxylation is 1. The van der Waals surface area contributed by atoms with Crippen LogP contribution in [0.4, 0.5) is 4.39 Å². The van der Waals surface area contributed by atoms with E-state index in [4.69, 9.17) is 5.11 Å². The van der Waals surface area contributed by atoms with Crippen LogP contribution in [0.25, 0.3) is 5.57 Å². The number of rotatable bonds is 2. The fourth-order valence-corrected chi connectivity index (χ4v) is 1.92. The third-order valence-corrected chi connectivity index (χ3v) is 2.56. The standard InChI is InChI=1S/C12H11FO2/c13-10-4-5-11-8(6-10)2-1-3-9(11)7-12(14)15/h3-6H,1-2,7H2,(H,14,15). The second-order valence-electron chi connectivity index (χ2n) is 3.64. The molecule has 0 aliphatic heterocycles. The van der Waals surface area contributed by atoms with E-state index >= 15 is 0 Å². The fourth-order valence-electron chi connectivity index (χ4n) is 1.92. The Morgan fingerprint density at radius 2 is 2.27 bits per heavy atom. The van der Waals surface area contributed by atoms with Crippen LogP contribution in [0.3, 0.4) is 0 Å². The highest BCUT2D eigenvalue weighted by molar-refractivity contribution is 5.85. The predicted molar refractivity (Wildman–Crippen MR) is 55.0 cm³/mol. The van der Waals surface area contributed by atoms with Gasteiger partial charge in [0.05, 0.1) is 6.42 Å². The van der Waals surface area contributed by atoms with E-state index in [2.05, 4.69) is 0 Å². The molecule has 0 bridgehead atoms. The van der Waals surface area contributed by atoms with Gasteiger partial charge in [-0.15, -0.1) is 0 Å². The van der Waals surface area contributed by atoms with Crippen molar-refractivity contribution < 1.29 is 14.3 Å². The van der Waals surface area contributed by atoms with Gasteiger partial charge in [-0.25, -0.2) is 4.39 Å². The Morgan fingerprint density at radius 3 is 3.00 bits per heavy atom. The molecule has 2 nitrogen and oxygen atoms in total. The molecule has 1 N–H and O–H groups in total.